The number of likely N-dealkylation sites (tertiary alicyclic amines) is 1. The van der Waals surface area contributed by atoms with Crippen LogP contribution >= 0.6 is 15.9 Å². The molecule has 1 aliphatic rings. The number of piperidine rings is 1. The van der Waals surface area contributed by atoms with Gasteiger partial charge >= 0.3 is 0 Å². The molecule has 142 valence electrons. The van der Waals surface area contributed by atoms with Gasteiger partial charge in [0, 0.05) is 39.9 Å². The molecule has 1 fully saturated rings. The highest BCUT2D eigenvalue weighted by Crippen LogP contribution is 2.33. The molecule has 4 heterocycles. The molecule has 0 aliphatic carbocycles. The highest BCUT2D eigenvalue weighted by atomic mass is 79.9. The molecule has 1 aliphatic heterocycles. The van der Waals surface area contributed by atoms with Gasteiger partial charge < -0.3 is 4.98 Å². The Morgan fingerprint density at radius 2 is 2.04 bits per heavy atom. The Labute approximate surface area is 172 Å². The van der Waals surface area contributed by atoms with E-state index < -0.39 is 0 Å². The quantitative estimate of drug-likeness (QED) is 0.468. The molecule has 2 N–H and O–H groups in total. The van der Waals surface area contributed by atoms with Gasteiger partial charge in [-0.25, -0.2) is 4.98 Å². The Balaban J connectivity index is 1.28. The molecule has 5 rings (SSSR count). The minimum Gasteiger partial charge on any atom is -0.346 e. The van der Waals surface area contributed by atoms with Crippen LogP contribution in [0.3, 0.4) is 0 Å². The summed E-state index contributed by atoms with van der Waals surface area (Å²) in [5.41, 5.74) is 5.96. The second kappa shape index (κ2) is 7.53. The number of benzene rings is 1. The molecular weight excluding hydrogens is 414 g/mol. The summed E-state index contributed by atoms with van der Waals surface area (Å²) in [5.74, 6) is 0.600. The van der Waals surface area contributed by atoms with E-state index in [-0.39, 0.29) is 0 Å². The monoisotopic (exact) mass is 435 g/mol. The van der Waals surface area contributed by atoms with Crippen molar-refractivity contribution >= 4 is 27.0 Å². The average molecular weight is 436 g/mol. The maximum Gasteiger partial charge on any atom is 0.137 e. The van der Waals surface area contributed by atoms with Crippen molar-refractivity contribution in [2.45, 2.75) is 25.3 Å². The van der Waals surface area contributed by atoms with Crippen LogP contribution in [0.25, 0.3) is 22.3 Å². The van der Waals surface area contributed by atoms with Crippen molar-refractivity contribution in [2.24, 2.45) is 0 Å². The molecule has 0 unspecified atom stereocenters. The molecule has 0 atom stereocenters. The molecule has 0 spiro atoms. The van der Waals surface area contributed by atoms with Crippen LogP contribution in [0.4, 0.5) is 0 Å². The number of aromatic amines is 2. The highest BCUT2D eigenvalue weighted by molar-refractivity contribution is 9.10. The van der Waals surface area contributed by atoms with E-state index in [1.54, 1.807) is 0 Å². The summed E-state index contributed by atoms with van der Waals surface area (Å²) in [7, 11) is 0. The van der Waals surface area contributed by atoms with Gasteiger partial charge in [0.25, 0.3) is 0 Å². The van der Waals surface area contributed by atoms with Gasteiger partial charge in [-0.15, -0.1) is 0 Å². The topological polar surface area (TPSA) is 60.6 Å². The highest BCUT2D eigenvalue weighted by Gasteiger charge is 2.24. The van der Waals surface area contributed by atoms with Crippen molar-refractivity contribution in [3.05, 3.63) is 70.6 Å². The molecule has 4 aromatic rings. The smallest absolute Gasteiger partial charge is 0.137 e. The number of nitrogens with one attached hydrogen (secondary N) is 2. The fraction of sp³-hybridized carbons (Fsp3) is 0.273. The number of aromatic nitrogens is 4. The first-order valence-corrected chi connectivity index (χ1v) is 10.5. The molecule has 3 aromatic heterocycles. The van der Waals surface area contributed by atoms with E-state index in [9.17, 15) is 0 Å². The van der Waals surface area contributed by atoms with Gasteiger partial charge in [0.05, 0.1) is 11.9 Å². The molecule has 0 bridgehead atoms. The normalized spacial score (nSPS) is 16.0. The lowest BCUT2D eigenvalue weighted by Crippen LogP contribution is -2.32. The molecule has 1 saturated heterocycles. The molecule has 0 amide bonds. The minimum atomic E-state index is 0.600. The predicted octanol–water partition coefficient (Wildman–Crippen LogP) is 5.10. The van der Waals surface area contributed by atoms with Crippen molar-refractivity contribution in [2.75, 3.05) is 13.1 Å². The summed E-state index contributed by atoms with van der Waals surface area (Å²) in [5, 5.41) is 8.76. The van der Waals surface area contributed by atoms with Crippen LogP contribution < -0.4 is 0 Å². The Bertz CT molecular complexity index is 1090. The minimum absolute atomic E-state index is 0.600. The van der Waals surface area contributed by atoms with Crippen LogP contribution in [-0.2, 0) is 6.54 Å². The summed E-state index contributed by atoms with van der Waals surface area (Å²) >= 11 is 3.56. The molecule has 6 heteroatoms. The maximum atomic E-state index is 4.43. The zero-order valence-corrected chi connectivity index (χ0v) is 17.1. The van der Waals surface area contributed by atoms with E-state index in [0.29, 0.717) is 5.92 Å². The van der Waals surface area contributed by atoms with Crippen LogP contribution in [0.5, 0.6) is 0 Å². The SMILES string of the molecule is Brc1cccc(-c2[nH]ncc2CN2CCC(c3c[nH]c4ncccc34)CC2)c1. The summed E-state index contributed by atoms with van der Waals surface area (Å²) < 4.78 is 1.08. The number of hydrogen-bond donors (Lipinski definition) is 2. The Morgan fingerprint density at radius 1 is 1.14 bits per heavy atom. The lowest BCUT2D eigenvalue weighted by Gasteiger charge is -2.31. The van der Waals surface area contributed by atoms with Crippen molar-refractivity contribution in [3.8, 4) is 11.3 Å². The first-order valence-electron chi connectivity index (χ1n) is 9.70. The van der Waals surface area contributed by atoms with E-state index in [4.69, 9.17) is 0 Å². The maximum absolute atomic E-state index is 4.43. The second-order valence-corrected chi connectivity index (χ2v) is 8.39. The number of halogens is 1. The third kappa shape index (κ3) is 3.38. The number of hydrogen-bond acceptors (Lipinski definition) is 3. The predicted molar refractivity (Wildman–Crippen MR) is 115 cm³/mol. The number of nitrogens with zero attached hydrogens (tertiary/aromatic N) is 3. The van der Waals surface area contributed by atoms with Gasteiger partial charge in [0.1, 0.15) is 5.65 Å². The van der Waals surface area contributed by atoms with E-state index in [1.165, 1.54) is 34.9 Å². The number of H-pyrrole nitrogens is 2. The van der Waals surface area contributed by atoms with Gasteiger partial charge in [0.15, 0.2) is 0 Å². The zero-order chi connectivity index (χ0) is 18.9. The van der Waals surface area contributed by atoms with Gasteiger partial charge in [-0.2, -0.15) is 5.10 Å². The van der Waals surface area contributed by atoms with Crippen LogP contribution in [-0.4, -0.2) is 38.2 Å². The van der Waals surface area contributed by atoms with Crippen LogP contribution in [0.15, 0.2) is 59.5 Å². The van der Waals surface area contributed by atoms with Crippen LogP contribution in [0, 0.1) is 0 Å². The van der Waals surface area contributed by atoms with E-state index >= 15 is 0 Å². The standard InChI is InChI=1S/C22H22BrN5/c23-18-4-1-3-16(11-18)21-17(12-26-27-21)14-28-9-6-15(7-10-28)20-13-25-22-19(20)5-2-8-24-22/h1-5,8,11-13,15H,6-7,9-10,14H2,(H,24,25)(H,26,27). The summed E-state index contributed by atoms with van der Waals surface area (Å²) in [6.45, 7) is 3.13. The number of rotatable bonds is 4. The number of pyridine rings is 1. The average Bonchev–Trinajstić information content (AvgIpc) is 3.36. The van der Waals surface area contributed by atoms with E-state index in [1.807, 2.05) is 24.5 Å². The van der Waals surface area contributed by atoms with Crippen molar-refractivity contribution < 1.29 is 0 Å². The third-order valence-corrected chi connectivity index (χ3v) is 6.23. The second-order valence-electron chi connectivity index (χ2n) is 7.47. The molecule has 0 radical (unpaired) electrons. The largest absolute Gasteiger partial charge is 0.346 e. The zero-order valence-electron chi connectivity index (χ0n) is 15.5. The van der Waals surface area contributed by atoms with Crippen molar-refractivity contribution in [3.63, 3.8) is 0 Å². The first-order chi connectivity index (χ1) is 13.8. The Kier molecular flexibility index (Phi) is 4.74. The fourth-order valence-electron chi connectivity index (χ4n) is 4.28. The molecular formula is C22H22BrN5. The van der Waals surface area contributed by atoms with Gasteiger partial charge in [0.2, 0.25) is 0 Å². The molecule has 5 nitrogen and oxygen atoms in total. The van der Waals surface area contributed by atoms with Crippen molar-refractivity contribution in [1.29, 1.82) is 0 Å². The van der Waals surface area contributed by atoms with Gasteiger partial charge in [-0.1, -0.05) is 28.1 Å². The Morgan fingerprint density at radius 3 is 2.89 bits per heavy atom. The van der Waals surface area contributed by atoms with Gasteiger partial charge in [-0.05, 0) is 61.7 Å². The van der Waals surface area contributed by atoms with Crippen molar-refractivity contribution in [1.82, 2.24) is 25.1 Å². The third-order valence-electron chi connectivity index (χ3n) is 5.74. The van der Waals surface area contributed by atoms with Crippen LogP contribution in [0.1, 0.15) is 29.9 Å². The summed E-state index contributed by atoms with van der Waals surface area (Å²) in [4.78, 5) is 10.3. The molecule has 0 saturated carbocycles. The fourth-order valence-corrected chi connectivity index (χ4v) is 4.68. The number of fused-ring (bicyclic) bond motifs is 1. The lowest BCUT2D eigenvalue weighted by molar-refractivity contribution is 0.205. The summed E-state index contributed by atoms with van der Waals surface area (Å²) in [6.07, 6.45) is 8.31. The lowest BCUT2D eigenvalue weighted by atomic mass is 9.89. The first kappa shape index (κ1) is 17.6. The van der Waals surface area contributed by atoms with E-state index in [0.717, 1.165) is 35.4 Å². The molecule has 1 aromatic carbocycles. The van der Waals surface area contributed by atoms with E-state index in [2.05, 4.69) is 71.5 Å². The summed E-state index contributed by atoms with van der Waals surface area (Å²) in [6, 6.07) is 12.6. The van der Waals surface area contributed by atoms with Crippen LogP contribution in [0.2, 0.25) is 0 Å². The van der Waals surface area contributed by atoms with Gasteiger partial charge in [-0.3, -0.25) is 10.00 Å². The Hall–Kier alpha value is -2.44. The molecule has 28 heavy (non-hydrogen) atoms.